The average Bonchev–Trinajstić information content (AvgIpc) is 3.44. The molecule has 2 aromatic heterocycles. The first-order valence-electron chi connectivity index (χ1n) is 12.6. The van der Waals surface area contributed by atoms with Crippen LogP contribution in [0, 0.1) is 12.8 Å². The van der Waals surface area contributed by atoms with Gasteiger partial charge >= 0.3 is 0 Å². The summed E-state index contributed by atoms with van der Waals surface area (Å²) in [6.07, 6.45) is 8.21. The first kappa shape index (κ1) is 24.5. The molecule has 3 aromatic rings. The standard InChI is InChI=1S/C28H37N3O2S/c1-5-19(2)29-28(32)24-16-26(31(20(24)3)17-22-9-7-6-8-10-22)25-18-34-27(30-25)15-21-11-13-23(33-4)14-12-21/h11-14,16,18-19,22H,5-10,15,17H2,1-4H3,(H,29,32). The molecule has 1 saturated carbocycles. The SMILES string of the molecule is CCC(C)NC(=O)c1cc(-c2csc(Cc3ccc(OC)cc3)n2)n(CC2CCCCC2)c1C. The van der Waals surface area contributed by atoms with Crippen molar-refractivity contribution in [2.45, 2.75) is 78.3 Å². The first-order chi connectivity index (χ1) is 16.5. The van der Waals surface area contributed by atoms with E-state index in [9.17, 15) is 4.79 Å². The molecule has 1 aliphatic rings. The Hall–Kier alpha value is -2.60. The summed E-state index contributed by atoms with van der Waals surface area (Å²) in [5, 5.41) is 6.37. The first-order valence-corrected chi connectivity index (χ1v) is 13.4. The third-order valence-corrected chi connectivity index (χ3v) is 7.94. The molecule has 1 aliphatic carbocycles. The van der Waals surface area contributed by atoms with Crippen LogP contribution in [0.1, 0.15) is 79.0 Å². The third kappa shape index (κ3) is 5.72. The zero-order valence-corrected chi connectivity index (χ0v) is 21.7. The Morgan fingerprint density at radius 1 is 1.24 bits per heavy atom. The van der Waals surface area contributed by atoms with Crippen molar-refractivity contribution >= 4 is 17.2 Å². The molecule has 0 spiro atoms. The van der Waals surface area contributed by atoms with Gasteiger partial charge in [0.25, 0.3) is 5.91 Å². The van der Waals surface area contributed by atoms with E-state index in [4.69, 9.17) is 9.72 Å². The van der Waals surface area contributed by atoms with Crippen LogP contribution >= 0.6 is 11.3 Å². The molecule has 4 rings (SSSR count). The molecule has 1 N–H and O–H groups in total. The fraction of sp³-hybridized carbons (Fsp3) is 0.500. The summed E-state index contributed by atoms with van der Waals surface area (Å²) in [5.41, 5.74) is 5.07. The Morgan fingerprint density at radius 3 is 2.65 bits per heavy atom. The van der Waals surface area contributed by atoms with E-state index in [1.54, 1.807) is 18.4 Å². The Labute approximate surface area is 207 Å². The van der Waals surface area contributed by atoms with Crippen molar-refractivity contribution in [1.29, 1.82) is 0 Å². The molecular formula is C28H37N3O2S. The third-order valence-electron chi connectivity index (χ3n) is 7.10. The fourth-order valence-corrected chi connectivity index (χ4v) is 5.60. The molecule has 2 heterocycles. The molecule has 1 aromatic carbocycles. The zero-order valence-electron chi connectivity index (χ0n) is 20.9. The van der Waals surface area contributed by atoms with Crippen LogP contribution in [0.5, 0.6) is 5.75 Å². The molecule has 0 radical (unpaired) electrons. The van der Waals surface area contributed by atoms with Crippen LogP contribution < -0.4 is 10.1 Å². The van der Waals surface area contributed by atoms with Crippen LogP contribution in [0.2, 0.25) is 0 Å². The van der Waals surface area contributed by atoms with Gasteiger partial charge in [-0.25, -0.2) is 4.98 Å². The van der Waals surface area contributed by atoms with Crippen molar-refractivity contribution in [2.75, 3.05) is 7.11 Å². The molecule has 0 aliphatic heterocycles. The predicted octanol–water partition coefficient (Wildman–Crippen LogP) is 6.63. The number of carbonyl (C=O) groups excluding carboxylic acids is 1. The number of amides is 1. The van der Waals surface area contributed by atoms with Crippen molar-refractivity contribution in [1.82, 2.24) is 14.9 Å². The monoisotopic (exact) mass is 479 g/mol. The number of hydrogen-bond acceptors (Lipinski definition) is 4. The van der Waals surface area contributed by atoms with Gasteiger partial charge in [-0.1, -0.05) is 38.3 Å². The lowest BCUT2D eigenvalue weighted by Crippen LogP contribution is -2.32. The van der Waals surface area contributed by atoms with Crippen molar-refractivity contribution in [3.05, 3.63) is 57.5 Å². The lowest BCUT2D eigenvalue weighted by molar-refractivity contribution is 0.0938. The molecule has 5 nitrogen and oxygen atoms in total. The van der Waals surface area contributed by atoms with E-state index < -0.39 is 0 Å². The van der Waals surface area contributed by atoms with E-state index in [0.717, 1.165) is 52.8 Å². The molecule has 1 amide bonds. The predicted molar refractivity (Wildman–Crippen MR) is 140 cm³/mol. The number of methoxy groups -OCH3 is 1. The second kappa shape index (κ2) is 11.2. The molecular weight excluding hydrogens is 442 g/mol. The van der Waals surface area contributed by atoms with Crippen LogP contribution in [-0.4, -0.2) is 28.6 Å². The largest absolute Gasteiger partial charge is 0.497 e. The maximum Gasteiger partial charge on any atom is 0.253 e. The maximum absolute atomic E-state index is 13.1. The van der Waals surface area contributed by atoms with Crippen LogP contribution in [0.15, 0.2) is 35.7 Å². The van der Waals surface area contributed by atoms with Crippen LogP contribution in [0.4, 0.5) is 0 Å². The second-order valence-corrected chi connectivity index (χ2v) is 10.5. The minimum atomic E-state index is 0.0178. The summed E-state index contributed by atoms with van der Waals surface area (Å²) in [6, 6.07) is 10.4. The van der Waals surface area contributed by atoms with E-state index in [1.165, 1.54) is 37.7 Å². The minimum absolute atomic E-state index is 0.0178. The van der Waals surface area contributed by atoms with E-state index in [2.05, 4.69) is 54.2 Å². The second-order valence-electron chi connectivity index (χ2n) is 9.58. The smallest absolute Gasteiger partial charge is 0.253 e. The number of rotatable bonds is 9. The van der Waals surface area contributed by atoms with Gasteiger partial charge in [0, 0.05) is 30.1 Å². The number of hydrogen-bond donors (Lipinski definition) is 1. The van der Waals surface area contributed by atoms with Gasteiger partial charge in [0.15, 0.2) is 0 Å². The normalized spacial score (nSPS) is 15.3. The highest BCUT2D eigenvalue weighted by atomic mass is 32.1. The van der Waals surface area contributed by atoms with E-state index >= 15 is 0 Å². The van der Waals surface area contributed by atoms with Crippen molar-refractivity contribution in [3.8, 4) is 17.1 Å². The Bertz CT molecular complexity index is 1090. The molecule has 1 unspecified atom stereocenters. The summed E-state index contributed by atoms with van der Waals surface area (Å²) in [4.78, 5) is 18.1. The number of carbonyl (C=O) groups is 1. The topological polar surface area (TPSA) is 56.1 Å². The molecule has 1 fully saturated rings. The summed E-state index contributed by atoms with van der Waals surface area (Å²) in [6.45, 7) is 7.20. The number of benzene rings is 1. The van der Waals surface area contributed by atoms with Crippen LogP contribution in [-0.2, 0) is 13.0 Å². The number of nitrogens with one attached hydrogen (secondary N) is 1. The number of aromatic nitrogens is 2. The van der Waals surface area contributed by atoms with Crippen molar-refractivity contribution < 1.29 is 9.53 Å². The highest BCUT2D eigenvalue weighted by molar-refractivity contribution is 7.10. The van der Waals surface area contributed by atoms with Crippen molar-refractivity contribution in [3.63, 3.8) is 0 Å². The highest BCUT2D eigenvalue weighted by Gasteiger charge is 2.23. The zero-order chi connectivity index (χ0) is 24.1. The fourth-order valence-electron chi connectivity index (χ4n) is 4.78. The molecule has 34 heavy (non-hydrogen) atoms. The Morgan fingerprint density at radius 2 is 1.97 bits per heavy atom. The highest BCUT2D eigenvalue weighted by Crippen LogP contribution is 2.32. The van der Waals surface area contributed by atoms with Crippen LogP contribution in [0.3, 0.4) is 0 Å². The lowest BCUT2D eigenvalue weighted by Gasteiger charge is -2.24. The molecule has 0 saturated heterocycles. The van der Waals surface area contributed by atoms with Gasteiger partial charge in [-0.05, 0) is 62.8 Å². The quantitative estimate of drug-likeness (QED) is 0.375. The number of thiazole rings is 1. The van der Waals surface area contributed by atoms with Gasteiger partial charge in [0.2, 0.25) is 0 Å². The van der Waals surface area contributed by atoms with Gasteiger partial charge < -0.3 is 14.6 Å². The maximum atomic E-state index is 13.1. The molecule has 6 heteroatoms. The number of ether oxygens (including phenoxy) is 1. The summed E-state index contributed by atoms with van der Waals surface area (Å²) >= 11 is 1.69. The summed E-state index contributed by atoms with van der Waals surface area (Å²) in [7, 11) is 1.68. The van der Waals surface area contributed by atoms with Gasteiger partial charge in [0.1, 0.15) is 5.75 Å². The summed E-state index contributed by atoms with van der Waals surface area (Å²) < 4.78 is 7.63. The van der Waals surface area contributed by atoms with Crippen LogP contribution in [0.25, 0.3) is 11.4 Å². The van der Waals surface area contributed by atoms with Gasteiger partial charge in [0.05, 0.1) is 29.1 Å². The van der Waals surface area contributed by atoms with Gasteiger partial charge in [-0.2, -0.15) is 0 Å². The van der Waals surface area contributed by atoms with E-state index in [1.807, 2.05) is 12.1 Å². The molecule has 0 bridgehead atoms. The minimum Gasteiger partial charge on any atom is -0.497 e. The van der Waals surface area contributed by atoms with Gasteiger partial charge in [-0.15, -0.1) is 11.3 Å². The average molecular weight is 480 g/mol. The van der Waals surface area contributed by atoms with E-state index in [0.29, 0.717) is 5.92 Å². The Balaban J connectivity index is 1.62. The molecule has 1 atom stereocenters. The van der Waals surface area contributed by atoms with E-state index in [-0.39, 0.29) is 11.9 Å². The molecule has 182 valence electrons. The van der Waals surface area contributed by atoms with Gasteiger partial charge in [-0.3, -0.25) is 4.79 Å². The lowest BCUT2D eigenvalue weighted by atomic mass is 9.89. The van der Waals surface area contributed by atoms with Crippen molar-refractivity contribution in [2.24, 2.45) is 5.92 Å². The summed E-state index contributed by atoms with van der Waals surface area (Å²) in [5.74, 6) is 1.55. The number of nitrogens with zero attached hydrogens (tertiary/aromatic N) is 2. The Kier molecular flexibility index (Phi) is 8.09.